The normalized spacial score (nSPS) is 21.3. The van der Waals surface area contributed by atoms with E-state index >= 15 is 0 Å². The number of amides is 9. The summed E-state index contributed by atoms with van der Waals surface area (Å²) in [5.74, 6) is -7.10. The summed E-state index contributed by atoms with van der Waals surface area (Å²) >= 11 is 0. The lowest BCUT2D eigenvalue weighted by atomic mass is 10.0. The zero-order chi connectivity index (χ0) is 53.6. The number of unbranched alkanes of at least 4 members (excludes halogenated alkanes) is 1. The Hall–Kier alpha value is -8.31. The minimum absolute atomic E-state index is 0.0408. The van der Waals surface area contributed by atoms with Crippen LogP contribution in [-0.2, 0) is 62.4 Å². The van der Waals surface area contributed by atoms with Crippen molar-refractivity contribution in [1.29, 1.82) is 0 Å². The van der Waals surface area contributed by atoms with Crippen molar-refractivity contribution >= 4 is 70.0 Å². The molecular formula is C50H69N15O9. The van der Waals surface area contributed by atoms with Crippen LogP contribution < -0.4 is 59.7 Å². The molecule has 0 bridgehead atoms. The highest BCUT2D eigenvalue weighted by Crippen LogP contribution is 2.20. The summed E-state index contributed by atoms with van der Waals surface area (Å²) in [5, 5.41) is 22.4. The number of aromatic amines is 2. The van der Waals surface area contributed by atoms with Crippen LogP contribution in [0, 0.1) is 0 Å². The number of nitrogens with two attached hydrogens (primary N) is 3. The number of benzene rings is 2. The second-order valence-electron chi connectivity index (χ2n) is 18.2. The van der Waals surface area contributed by atoms with Gasteiger partial charge in [0.2, 0.25) is 53.2 Å². The summed E-state index contributed by atoms with van der Waals surface area (Å²) in [4.78, 5) is 139. The number of hydrogen-bond acceptors (Lipinski definition) is 11. The van der Waals surface area contributed by atoms with E-state index in [4.69, 9.17) is 17.2 Å². The molecule has 0 radical (unpaired) electrons. The van der Waals surface area contributed by atoms with Gasteiger partial charge in [0.05, 0.1) is 12.7 Å². The first-order valence-electron chi connectivity index (χ1n) is 24.8. The number of imidazole rings is 1. The first-order valence-corrected chi connectivity index (χ1v) is 24.8. The number of rotatable bonds is 17. The number of aliphatic imine (C=N–C) groups is 1. The molecular weight excluding hydrogens is 955 g/mol. The van der Waals surface area contributed by atoms with E-state index in [9.17, 15) is 43.2 Å². The molecule has 1 aliphatic heterocycles. The first kappa shape index (κ1) is 56.6. The zero-order valence-corrected chi connectivity index (χ0v) is 41.7. The molecule has 4 unspecified atom stereocenters. The van der Waals surface area contributed by atoms with Gasteiger partial charge in [0.1, 0.15) is 42.3 Å². The summed E-state index contributed by atoms with van der Waals surface area (Å²) in [5.41, 5.74) is 19.4. The van der Waals surface area contributed by atoms with E-state index in [1.54, 1.807) is 36.5 Å². The Balaban J connectivity index is 1.55. The third kappa shape index (κ3) is 18.1. The molecule has 24 heteroatoms. The van der Waals surface area contributed by atoms with Crippen molar-refractivity contribution in [3.8, 4) is 0 Å². The number of nitrogens with zero attached hydrogens (tertiary/aromatic N) is 2. The molecule has 5 rings (SSSR count). The topological polar surface area (TPSA) is 385 Å². The van der Waals surface area contributed by atoms with Gasteiger partial charge in [0.25, 0.3) is 0 Å². The molecule has 74 heavy (non-hydrogen) atoms. The summed E-state index contributed by atoms with van der Waals surface area (Å²) in [6.45, 7) is 3.26. The van der Waals surface area contributed by atoms with E-state index in [-0.39, 0.29) is 76.8 Å². The molecule has 1 aliphatic rings. The summed E-state index contributed by atoms with van der Waals surface area (Å²) in [6.07, 6.45) is 5.72. The van der Waals surface area contributed by atoms with Gasteiger partial charge in [-0.3, -0.25) is 48.1 Å². The Bertz CT molecular complexity index is 2580. The van der Waals surface area contributed by atoms with Gasteiger partial charge in [0.15, 0.2) is 5.96 Å². The maximum absolute atomic E-state index is 14.7. The van der Waals surface area contributed by atoms with E-state index in [0.29, 0.717) is 29.7 Å². The molecule has 3 heterocycles. The van der Waals surface area contributed by atoms with Crippen LogP contribution in [0.5, 0.6) is 0 Å². The quantitative estimate of drug-likeness (QED) is 0.0335. The standard InChI is InChI=1S/C50H69N15O9/c1-3-4-16-36(59-29(2)66)44(69)65-41-25-42(67)55-20-11-10-18-35(43(51)68)60-47(72)39(23-31-26-57-34-17-9-8-15-33(31)34)63-45(70)37(19-12-21-56-50(52)53)61-46(71)38(22-30-13-6-5-7-14-30)62-48(73)40(64-49(41)74)24-32-27-54-28-58-32/h5-9,13-15,17,26-28,35-41,57H,3-4,10-12,16,18-25H2,1-2H3,(H2,51,68)(H,54,58)(H,55,67)(H,59,66)(H,60,72)(H,61,71)(H,62,73)(H,63,70)(H,64,74)(H,65,69)(H4,52,53,56)/t35?,36-,37?,38+,39?,40?,41-/m0/s1. The van der Waals surface area contributed by atoms with Gasteiger partial charge in [-0.25, -0.2) is 4.98 Å². The molecule has 2 aromatic heterocycles. The van der Waals surface area contributed by atoms with Crippen molar-refractivity contribution in [3.05, 3.63) is 90.1 Å². The minimum Gasteiger partial charge on any atom is -0.370 e. The Morgan fingerprint density at radius 2 is 1.41 bits per heavy atom. The zero-order valence-electron chi connectivity index (χ0n) is 41.7. The lowest BCUT2D eigenvalue weighted by molar-refractivity contribution is -0.136. The number of H-pyrrole nitrogens is 2. The van der Waals surface area contributed by atoms with Crippen LogP contribution in [0.2, 0.25) is 0 Å². The third-order valence-corrected chi connectivity index (χ3v) is 12.3. The number of aromatic nitrogens is 3. The lowest BCUT2D eigenvalue weighted by Gasteiger charge is -2.28. The Morgan fingerprint density at radius 3 is 2.08 bits per heavy atom. The number of para-hydroxylation sites is 1. The van der Waals surface area contributed by atoms with E-state index in [1.807, 2.05) is 31.2 Å². The fourth-order valence-corrected chi connectivity index (χ4v) is 8.40. The summed E-state index contributed by atoms with van der Waals surface area (Å²) in [7, 11) is 0. The van der Waals surface area contributed by atoms with Gasteiger partial charge in [-0.2, -0.15) is 0 Å². The third-order valence-electron chi connectivity index (χ3n) is 12.3. The first-order chi connectivity index (χ1) is 35.5. The van der Waals surface area contributed by atoms with Crippen LogP contribution in [0.15, 0.2) is 78.3 Å². The average molecular weight is 1020 g/mol. The molecule has 0 aliphatic carbocycles. The van der Waals surface area contributed by atoms with Gasteiger partial charge in [-0.1, -0.05) is 68.3 Å². The second kappa shape index (κ2) is 28.7. The fraction of sp³-hybridized carbons (Fsp3) is 0.460. The number of nitrogens with one attached hydrogen (secondary N) is 10. The number of carbonyl (C=O) groups is 9. The minimum atomic E-state index is -1.58. The van der Waals surface area contributed by atoms with Crippen LogP contribution in [0.25, 0.3) is 10.9 Å². The number of guanidine groups is 1. The van der Waals surface area contributed by atoms with Gasteiger partial charge >= 0.3 is 0 Å². The molecule has 24 nitrogen and oxygen atoms in total. The smallest absolute Gasteiger partial charge is 0.243 e. The van der Waals surface area contributed by atoms with Gasteiger partial charge < -0.3 is 69.7 Å². The van der Waals surface area contributed by atoms with E-state index in [0.717, 1.165) is 10.9 Å². The Morgan fingerprint density at radius 1 is 0.757 bits per heavy atom. The number of carbonyl (C=O) groups excluding carboxylic acids is 9. The van der Waals surface area contributed by atoms with Crippen LogP contribution in [0.1, 0.15) is 88.5 Å². The highest BCUT2D eigenvalue weighted by atomic mass is 16.2. The van der Waals surface area contributed by atoms with E-state index in [2.05, 4.69) is 62.5 Å². The molecule has 7 atom stereocenters. The van der Waals surface area contributed by atoms with Crippen LogP contribution in [0.4, 0.5) is 0 Å². The maximum Gasteiger partial charge on any atom is 0.243 e. The van der Waals surface area contributed by atoms with Gasteiger partial charge in [0, 0.05) is 68.3 Å². The number of primary amides is 1. The largest absolute Gasteiger partial charge is 0.370 e. The summed E-state index contributed by atoms with van der Waals surface area (Å²) in [6, 6.07) is 6.67. The highest BCUT2D eigenvalue weighted by Gasteiger charge is 2.35. The van der Waals surface area contributed by atoms with Crippen molar-refractivity contribution in [1.82, 2.24) is 57.5 Å². The predicted octanol–water partition coefficient (Wildman–Crippen LogP) is -1.25. The van der Waals surface area contributed by atoms with Crippen molar-refractivity contribution < 1.29 is 43.2 Å². The molecule has 1 fully saturated rings. The highest BCUT2D eigenvalue weighted by molar-refractivity contribution is 5.99. The second-order valence-corrected chi connectivity index (χ2v) is 18.2. The molecule has 4 aromatic rings. The fourth-order valence-electron chi connectivity index (χ4n) is 8.40. The lowest BCUT2D eigenvalue weighted by Crippen LogP contribution is -2.61. The van der Waals surface area contributed by atoms with Gasteiger partial charge in [-0.15, -0.1) is 0 Å². The Kier molecular flexibility index (Phi) is 21.9. The molecule has 9 amide bonds. The average Bonchev–Trinajstić information content (AvgIpc) is 4.04. The Labute approximate surface area is 428 Å². The van der Waals surface area contributed by atoms with Crippen LogP contribution in [-0.4, -0.2) is 129 Å². The SMILES string of the molecule is CCCC[C@H](NC(C)=O)C(=O)N[C@H]1CC(=O)NCCCCC(C(N)=O)NC(=O)C(Cc2c[nH]c3ccccc23)NC(=O)C(CCCN=C(N)N)NC(=O)[C@@H](Cc2ccccc2)NC(=O)C(Cc2cnc[nH]2)NC1=O. The monoisotopic (exact) mass is 1020 g/mol. The van der Waals surface area contributed by atoms with Gasteiger partial charge in [-0.05, 0) is 55.7 Å². The summed E-state index contributed by atoms with van der Waals surface area (Å²) < 4.78 is 0. The molecule has 0 saturated carbocycles. The number of hydrogen-bond donors (Lipinski definition) is 13. The maximum atomic E-state index is 14.7. The molecule has 2 aromatic carbocycles. The molecule has 0 spiro atoms. The predicted molar refractivity (Wildman–Crippen MR) is 274 cm³/mol. The van der Waals surface area contributed by atoms with Crippen LogP contribution in [0.3, 0.4) is 0 Å². The molecule has 1 saturated heterocycles. The van der Waals surface area contributed by atoms with E-state index < -0.39 is 102 Å². The van der Waals surface area contributed by atoms with E-state index in [1.165, 1.54) is 19.4 Å². The van der Waals surface area contributed by atoms with Crippen molar-refractivity contribution in [3.63, 3.8) is 0 Å². The van der Waals surface area contributed by atoms with Crippen molar-refractivity contribution in [2.24, 2.45) is 22.2 Å². The molecule has 16 N–H and O–H groups in total. The molecule has 398 valence electrons. The van der Waals surface area contributed by atoms with Crippen LogP contribution >= 0.6 is 0 Å². The van der Waals surface area contributed by atoms with Crippen molar-refractivity contribution in [2.75, 3.05) is 13.1 Å². The van der Waals surface area contributed by atoms with Crippen molar-refractivity contribution in [2.45, 2.75) is 133 Å². The number of fused-ring (bicyclic) bond motifs is 1.